The molecular formula is C25H18BrN3O2S. The molecule has 3 aromatic rings. The average Bonchev–Trinajstić information content (AvgIpc) is 3.38. The molecule has 2 atom stereocenters. The van der Waals surface area contributed by atoms with E-state index in [1.807, 2.05) is 71.7 Å². The molecule has 1 amide bonds. The van der Waals surface area contributed by atoms with Gasteiger partial charge in [-0.15, -0.1) is 0 Å². The van der Waals surface area contributed by atoms with Crippen LogP contribution in [-0.2, 0) is 0 Å². The molecule has 1 N–H and O–H groups in total. The molecule has 0 bridgehead atoms. The van der Waals surface area contributed by atoms with Gasteiger partial charge in [0.05, 0.1) is 16.7 Å². The second-order valence-electron chi connectivity index (χ2n) is 7.84. The van der Waals surface area contributed by atoms with Crippen molar-refractivity contribution in [1.82, 2.24) is 10.3 Å². The average molecular weight is 504 g/mol. The minimum atomic E-state index is -1.18. The van der Waals surface area contributed by atoms with Gasteiger partial charge in [0.15, 0.2) is 0 Å². The number of nitrogens with zero attached hydrogens (tertiary/aromatic N) is 2. The van der Waals surface area contributed by atoms with Gasteiger partial charge in [-0.1, -0.05) is 76.6 Å². The third-order valence-electron chi connectivity index (χ3n) is 5.83. The van der Waals surface area contributed by atoms with Crippen LogP contribution in [0.15, 0.2) is 93.3 Å². The number of nitrogens with one attached hydrogen (secondary N) is 1. The fourth-order valence-electron chi connectivity index (χ4n) is 4.42. The molecule has 2 unspecified atom stereocenters. The van der Waals surface area contributed by atoms with Gasteiger partial charge in [0.25, 0.3) is 5.24 Å². The van der Waals surface area contributed by atoms with Gasteiger partial charge >= 0.3 is 5.85 Å². The van der Waals surface area contributed by atoms with Crippen LogP contribution in [0.4, 0.5) is 4.79 Å². The highest BCUT2D eigenvalue weighted by Gasteiger charge is 2.58. The van der Waals surface area contributed by atoms with Crippen LogP contribution in [0.3, 0.4) is 0 Å². The first-order valence-corrected chi connectivity index (χ1v) is 11.9. The zero-order valence-electron chi connectivity index (χ0n) is 16.9. The van der Waals surface area contributed by atoms with E-state index in [1.54, 1.807) is 0 Å². The maximum Gasteiger partial charge on any atom is 0.314 e. The smallest absolute Gasteiger partial charge is 0.314 e. The van der Waals surface area contributed by atoms with Crippen LogP contribution in [0.1, 0.15) is 29.2 Å². The zero-order chi connectivity index (χ0) is 21.7. The number of amides is 1. The number of ether oxygens (including phenoxy) is 1. The number of fused-ring (bicyclic) bond motifs is 4. The molecule has 3 aromatic carbocycles. The Morgan fingerprint density at radius 3 is 2.75 bits per heavy atom. The summed E-state index contributed by atoms with van der Waals surface area (Å²) in [6.07, 6.45) is 2.73. The topological polar surface area (TPSA) is 53.9 Å². The molecule has 0 aromatic heterocycles. The number of carbonyl (C=O) groups is 1. The summed E-state index contributed by atoms with van der Waals surface area (Å²) < 4.78 is 7.52. The number of rotatable bonds is 2. The fourth-order valence-corrected chi connectivity index (χ4v) is 5.74. The van der Waals surface area contributed by atoms with Gasteiger partial charge in [-0.2, -0.15) is 5.10 Å². The van der Waals surface area contributed by atoms with Gasteiger partial charge < -0.3 is 4.74 Å². The molecule has 0 radical (unpaired) electrons. The van der Waals surface area contributed by atoms with Gasteiger partial charge in [-0.25, -0.2) is 5.01 Å². The molecule has 7 heteroatoms. The highest BCUT2D eigenvalue weighted by atomic mass is 79.9. The molecule has 0 saturated carbocycles. The van der Waals surface area contributed by atoms with Crippen LogP contribution >= 0.6 is 27.7 Å². The molecule has 1 spiro atoms. The Kier molecular flexibility index (Phi) is 4.62. The van der Waals surface area contributed by atoms with Gasteiger partial charge in [-0.3, -0.25) is 10.1 Å². The van der Waals surface area contributed by atoms with E-state index >= 15 is 0 Å². The lowest BCUT2D eigenvalue weighted by atomic mass is 9.95. The summed E-state index contributed by atoms with van der Waals surface area (Å²) in [5, 5.41) is 9.85. The Bertz CT molecular complexity index is 1290. The van der Waals surface area contributed by atoms with Crippen LogP contribution in [-0.4, -0.2) is 21.8 Å². The van der Waals surface area contributed by atoms with Crippen LogP contribution in [0, 0.1) is 0 Å². The predicted octanol–water partition coefficient (Wildman–Crippen LogP) is 6.14. The number of benzene rings is 3. The molecule has 1 saturated heterocycles. The Labute approximate surface area is 198 Å². The van der Waals surface area contributed by atoms with Crippen molar-refractivity contribution in [2.75, 3.05) is 0 Å². The molecule has 32 heavy (non-hydrogen) atoms. The summed E-state index contributed by atoms with van der Waals surface area (Å²) in [5.74, 6) is -0.416. The van der Waals surface area contributed by atoms with E-state index in [-0.39, 0.29) is 11.3 Å². The second-order valence-corrected chi connectivity index (χ2v) is 9.77. The fraction of sp³-hybridized carbons (Fsp3) is 0.120. The number of carbonyl (C=O) groups excluding carboxylic acids is 1. The summed E-state index contributed by atoms with van der Waals surface area (Å²) in [6.45, 7) is 0. The molecule has 0 aliphatic carbocycles. The monoisotopic (exact) mass is 503 g/mol. The summed E-state index contributed by atoms with van der Waals surface area (Å²) in [4.78, 5) is 13.4. The first kappa shape index (κ1) is 19.6. The van der Waals surface area contributed by atoms with Gasteiger partial charge in [0.1, 0.15) is 5.75 Å². The number of thioether (sulfide) groups is 1. The van der Waals surface area contributed by atoms with E-state index in [2.05, 4.69) is 39.4 Å². The van der Waals surface area contributed by atoms with Crippen molar-refractivity contribution in [2.24, 2.45) is 5.10 Å². The molecule has 6 rings (SSSR count). The summed E-state index contributed by atoms with van der Waals surface area (Å²) in [5.41, 5.74) is 4.09. The third-order valence-corrected chi connectivity index (χ3v) is 7.23. The normalized spacial score (nSPS) is 24.7. The van der Waals surface area contributed by atoms with Crippen molar-refractivity contribution >= 4 is 44.7 Å². The van der Waals surface area contributed by atoms with Crippen molar-refractivity contribution in [3.05, 3.63) is 105 Å². The quantitative estimate of drug-likeness (QED) is 0.455. The lowest BCUT2D eigenvalue weighted by molar-refractivity contribution is -0.0949. The van der Waals surface area contributed by atoms with Crippen LogP contribution in [0.2, 0.25) is 0 Å². The Morgan fingerprint density at radius 2 is 1.91 bits per heavy atom. The highest BCUT2D eigenvalue weighted by molar-refractivity contribution is 9.10. The standard InChI is InChI=1S/C25H18BrN3O2S/c26-18-10-6-7-16(13-18)14-23-25(27-24(30)32-23)29-21(19-11-4-5-12-22(19)31-25)15-20(28-29)17-8-2-1-3-9-17/h1-14,21H,15H2,(H,27,30). The number of hydrogen-bond donors (Lipinski definition) is 1. The zero-order valence-corrected chi connectivity index (χ0v) is 19.3. The van der Waals surface area contributed by atoms with E-state index in [1.165, 1.54) is 0 Å². The summed E-state index contributed by atoms with van der Waals surface area (Å²) in [7, 11) is 0. The van der Waals surface area contributed by atoms with E-state index in [4.69, 9.17) is 9.84 Å². The first-order chi connectivity index (χ1) is 15.6. The van der Waals surface area contributed by atoms with Crippen molar-refractivity contribution in [3.63, 3.8) is 0 Å². The van der Waals surface area contributed by atoms with E-state index in [9.17, 15) is 4.79 Å². The van der Waals surface area contributed by atoms with Crippen molar-refractivity contribution in [1.29, 1.82) is 0 Å². The van der Waals surface area contributed by atoms with E-state index < -0.39 is 5.85 Å². The second kappa shape index (κ2) is 7.53. The van der Waals surface area contributed by atoms with Crippen molar-refractivity contribution in [3.8, 4) is 5.75 Å². The molecule has 1 fully saturated rings. The summed E-state index contributed by atoms with van der Waals surface area (Å²) in [6, 6.07) is 26.1. The number of para-hydroxylation sites is 1. The number of halogens is 1. The largest absolute Gasteiger partial charge is 0.444 e. The first-order valence-electron chi connectivity index (χ1n) is 10.3. The lowest BCUT2D eigenvalue weighted by Crippen LogP contribution is -2.61. The van der Waals surface area contributed by atoms with E-state index in [0.29, 0.717) is 0 Å². The molecule has 3 aliphatic rings. The number of hydrogen-bond acceptors (Lipinski definition) is 5. The molecule has 3 heterocycles. The Hall–Kier alpha value is -3.03. The third kappa shape index (κ3) is 3.15. The van der Waals surface area contributed by atoms with Crippen LogP contribution in [0.25, 0.3) is 6.08 Å². The number of hydrazone groups is 1. The molecule has 5 nitrogen and oxygen atoms in total. The lowest BCUT2D eigenvalue weighted by Gasteiger charge is -2.45. The minimum absolute atomic E-state index is 0.0416. The Balaban J connectivity index is 1.52. The van der Waals surface area contributed by atoms with Gasteiger partial charge in [0, 0.05) is 16.5 Å². The van der Waals surface area contributed by atoms with Crippen LogP contribution in [0.5, 0.6) is 5.75 Å². The highest BCUT2D eigenvalue weighted by Crippen LogP contribution is 2.52. The van der Waals surface area contributed by atoms with Crippen LogP contribution < -0.4 is 10.1 Å². The van der Waals surface area contributed by atoms with Crippen molar-refractivity contribution < 1.29 is 9.53 Å². The summed E-state index contributed by atoms with van der Waals surface area (Å²) >= 11 is 4.68. The van der Waals surface area contributed by atoms with Crippen molar-refractivity contribution in [2.45, 2.75) is 18.3 Å². The molecule has 158 valence electrons. The van der Waals surface area contributed by atoms with E-state index in [0.717, 1.165) is 55.7 Å². The maximum absolute atomic E-state index is 12.7. The Morgan fingerprint density at radius 1 is 1.09 bits per heavy atom. The van der Waals surface area contributed by atoms with Gasteiger partial charge in [0.2, 0.25) is 0 Å². The maximum atomic E-state index is 12.7. The molecular weight excluding hydrogens is 486 g/mol. The predicted molar refractivity (Wildman–Crippen MR) is 130 cm³/mol. The SMILES string of the molecule is O=C1NC2(Oc3ccccc3C3CC(c4ccccc4)=NN32)C(=Cc2cccc(Br)c2)S1. The molecule has 3 aliphatic heterocycles. The van der Waals surface area contributed by atoms with Gasteiger partial charge in [-0.05, 0) is 47.2 Å². The minimum Gasteiger partial charge on any atom is -0.444 e.